The highest BCUT2D eigenvalue weighted by Crippen LogP contribution is 2.41. The molecule has 0 aromatic heterocycles. The van der Waals surface area contributed by atoms with Crippen LogP contribution in [0.1, 0.15) is 79.0 Å². The third-order valence-electron chi connectivity index (χ3n) is 4.51. The van der Waals surface area contributed by atoms with Crippen LogP contribution in [0.25, 0.3) is 5.57 Å². The summed E-state index contributed by atoms with van der Waals surface area (Å²) in [7, 11) is 0. The molecule has 0 atom stereocenters. The molecule has 1 aromatic rings. The molecule has 0 aliphatic carbocycles. The summed E-state index contributed by atoms with van der Waals surface area (Å²) in [5.74, 6) is 0.0637. The second kappa shape index (κ2) is 9.27. The fourth-order valence-electron chi connectivity index (χ4n) is 2.95. The summed E-state index contributed by atoms with van der Waals surface area (Å²) < 4.78 is 6.11. The molecule has 1 rings (SSSR count). The predicted molar refractivity (Wildman–Crippen MR) is 119 cm³/mol. The Kier molecular flexibility index (Phi) is 7.86. The maximum Gasteiger partial charge on any atom is 0.328 e. The zero-order valence-corrected chi connectivity index (χ0v) is 18.9. The van der Waals surface area contributed by atoms with Gasteiger partial charge in [0.1, 0.15) is 5.75 Å². The van der Waals surface area contributed by atoms with E-state index in [0.29, 0.717) is 12.2 Å². The number of carbonyl (C=O) groups is 1. The quantitative estimate of drug-likeness (QED) is 0.440. The number of allylic oxidation sites excluding steroid dienone is 5. The Labute approximate surface area is 170 Å². The van der Waals surface area contributed by atoms with Gasteiger partial charge < -0.3 is 9.84 Å². The van der Waals surface area contributed by atoms with Crippen LogP contribution in [0.3, 0.4) is 0 Å². The number of aliphatic carboxylic acids is 1. The minimum atomic E-state index is -0.931. The number of ether oxygens (including phenoxy) is 1. The third kappa shape index (κ3) is 6.70. The molecule has 3 nitrogen and oxygen atoms in total. The van der Waals surface area contributed by atoms with E-state index in [1.807, 2.05) is 25.2 Å². The molecule has 0 heterocycles. The van der Waals surface area contributed by atoms with Gasteiger partial charge in [-0.1, -0.05) is 59.8 Å². The summed E-state index contributed by atoms with van der Waals surface area (Å²) in [6.45, 7) is 19.8. The Hall–Kier alpha value is -2.29. The van der Waals surface area contributed by atoms with E-state index in [1.54, 1.807) is 6.92 Å². The average molecular weight is 385 g/mol. The zero-order valence-electron chi connectivity index (χ0n) is 18.9. The van der Waals surface area contributed by atoms with Gasteiger partial charge in [-0.05, 0) is 60.4 Å². The van der Waals surface area contributed by atoms with Gasteiger partial charge in [0.25, 0.3) is 0 Å². The van der Waals surface area contributed by atoms with E-state index in [9.17, 15) is 4.79 Å². The van der Waals surface area contributed by atoms with Crippen molar-refractivity contribution in [1.29, 1.82) is 0 Å². The standard InChI is InChI=1S/C25H36O3/c1-10-28-23-20(24(4,5)6)15-19(16-21(23)25(7,8)9)18(3)13-11-12-17(2)14-22(26)27/h11-16H,10H2,1-9H3,(H,26,27). The summed E-state index contributed by atoms with van der Waals surface area (Å²) in [6, 6.07) is 4.44. The van der Waals surface area contributed by atoms with Crippen LogP contribution < -0.4 is 4.74 Å². The van der Waals surface area contributed by atoms with Gasteiger partial charge in [0, 0.05) is 17.2 Å². The Bertz CT molecular complexity index is 759. The van der Waals surface area contributed by atoms with Gasteiger partial charge in [-0.2, -0.15) is 0 Å². The van der Waals surface area contributed by atoms with E-state index in [1.165, 1.54) is 17.2 Å². The summed E-state index contributed by atoms with van der Waals surface area (Å²) >= 11 is 0. The highest BCUT2D eigenvalue weighted by atomic mass is 16.5. The van der Waals surface area contributed by atoms with E-state index >= 15 is 0 Å². The number of rotatable bonds is 6. The summed E-state index contributed by atoms with van der Waals surface area (Å²) in [4.78, 5) is 10.7. The van der Waals surface area contributed by atoms with Crippen molar-refractivity contribution >= 4 is 11.5 Å². The highest BCUT2D eigenvalue weighted by molar-refractivity contribution is 5.81. The molecule has 0 aliphatic rings. The minimum Gasteiger partial charge on any atom is -0.493 e. The molecule has 0 fully saturated rings. The Balaban J connectivity index is 3.53. The van der Waals surface area contributed by atoms with Crippen LogP contribution in [-0.4, -0.2) is 17.7 Å². The average Bonchev–Trinajstić information content (AvgIpc) is 2.52. The SMILES string of the molecule is CCOc1c(C(C)(C)C)cc(C(C)=CC=CC(C)=CC(=O)O)cc1C(C)(C)C. The molecule has 3 heteroatoms. The van der Waals surface area contributed by atoms with Crippen molar-refractivity contribution in [2.75, 3.05) is 6.61 Å². The van der Waals surface area contributed by atoms with Gasteiger partial charge in [0.2, 0.25) is 0 Å². The first-order chi connectivity index (χ1) is 12.8. The van der Waals surface area contributed by atoms with Gasteiger partial charge in [-0.15, -0.1) is 0 Å². The topological polar surface area (TPSA) is 46.5 Å². The molecule has 0 radical (unpaired) electrons. The second-order valence-corrected chi connectivity index (χ2v) is 9.27. The third-order valence-corrected chi connectivity index (χ3v) is 4.51. The van der Waals surface area contributed by atoms with Crippen LogP contribution in [0.5, 0.6) is 5.75 Å². The first-order valence-electron chi connectivity index (χ1n) is 9.85. The van der Waals surface area contributed by atoms with Crippen molar-refractivity contribution in [3.63, 3.8) is 0 Å². The van der Waals surface area contributed by atoms with Crippen molar-refractivity contribution in [3.8, 4) is 5.75 Å². The first-order valence-corrected chi connectivity index (χ1v) is 9.85. The Morgan fingerprint density at radius 3 is 1.93 bits per heavy atom. The molecule has 0 spiro atoms. The van der Waals surface area contributed by atoms with Crippen LogP contribution in [0.4, 0.5) is 0 Å². The van der Waals surface area contributed by atoms with E-state index in [2.05, 4.69) is 60.6 Å². The minimum absolute atomic E-state index is 0.0442. The molecule has 0 bridgehead atoms. The number of carboxylic acids is 1. The fraction of sp³-hybridized carbons (Fsp3) is 0.480. The first kappa shape index (κ1) is 23.7. The van der Waals surface area contributed by atoms with Crippen LogP contribution in [-0.2, 0) is 15.6 Å². The lowest BCUT2D eigenvalue weighted by Crippen LogP contribution is -2.20. The van der Waals surface area contributed by atoms with E-state index in [-0.39, 0.29) is 10.8 Å². The van der Waals surface area contributed by atoms with E-state index in [0.717, 1.165) is 16.9 Å². The molecular formula is C25H36O3. The van der Waals surface area contributed by atoms with Crippen molar-refractivity contribution in [2.24, 2.45) is 0 Å². The molecular weight excluding hydrogens is 348 g/mol. The lowest BCUT2D eigenvalue weighted by molar-refractivity contribution is -0.131. The fourth-order valence-corrected chi connectivity index (χ4v) is 2.95. The smallest absolute Gasteiger partial charge is 0.328 e. The molecule has 0 saturated heterocycles. The van der Waals surface area contributed by atoms with Gasteiger partial charge >= 0.3 is 5.97 Å². The summed E-state index contributed by atoms with van der Waals surface area (Å²) in [6.07, 6.45) is 6.93. The lowest BCUT2D eigenvalue weighted by Gasteiger charge is -2.30. The van der Waals surface area contributed by atoms with Crippen molar-refractivity contribution in [3.05, 3.63) is 58.7 Å². The van der Waals surface area contributed by atoms with Crippen LogP contribution in [0.15, 0.2) is 42.0 Å². The zero-order chi connectivity index (χ0) is 21.7. The van der Waals surface area contributed by atoms with E-state index in [4.69, 9.17) is 9.84 Å². The van der Waals surface area contributed by atoms with Gasteiger partial charge in [0.15, 0.2) is 0 Å². The largest absolute Gasteiger partial charge is 0.493 e. The molecule has 0 amide bonds. The lowest BCUT2D eigenvalue weighted by atomic mass is 9.77. The van der Waals surface area contributed by atoms with E-state index < -0.39 is 5.97 Å². The number of hydrogen-bond donors (Lipinski definition) is 1. The second-order valence-electron chi connectivity index (χ2n) is 9.27. The molecule has 1 N–H and O–H groups in total. The molecule has 154 valence electrons. The van der Waals surface area contributed by atoms with Gasteiger partial charge in [-0.3, -0.25) is 0 Å². The van der Waals surface area contributed by atoms with Crippen molar-refractivity contribution in [1.82, 2.24) is 0 Å². The molecule has 0 unspecified atom stereocenters. The number of carboxylic acid groups (broad SMARTS) is 1. The van der Waals surface area contributed by atoms with Gasteiger partial charge in [-0.25, -0.2) is 4.79 Å². The Morgan fingerprint density at radius 2 is 1.54 bits per heavy atom. The summed E-state index contributed by atoms with van der Waals surface area (Å²) in [5, 5.41) is 8.82. The Morgan fingerprint density at radius 1 is 1.04 bits per heavy atom. The normalized spacial score (nSPS) is 13.9. The molecule has 1 aromatic carbocycles. The van der Waals surface area contributed by atoms with Crippen LogP contribution in [0.2, 0.25) is 0 Å². The predicted octanol–water partition coefficient (Wildman–Crippen LogP) is 6.67. The maximum absolute atomic E-state index is 10.7. The summed E-state index contributed by atoms with van der Waals surface area (Å²) in [5.41, 5.74) is 5.30. The van der Waals surface area contributed by atoms with Gasteiger partial charge in [0.05, 0.1) is 6.61 Å². The molecule has 0 saturated carbocycles. The number of hydrogen-bond acceptors (Lipinski definition) is 2. The van der Waals surface area contributed by atoms with Crippen LogP contribution in [0, 0.1) is 0 Å². The monoisotopic (exact) mass is 384 g/mol. The molecule has 28 heavy (non-hydrogen) atoms. The molecule has 0 aliphatic heterocycles. The maximum atomic E-state index is 10.7. The van der Waals surface area contributed by atoms with Crippen molar-refractivity contribution < 1.29 is 14.6 Å². The van der Waals surface area contributed by atoms with Crippen molar-refractivity contribution in [2.45, 2.75) is 73.1 Å². The highest BCUT2D eigenvalue weighted by Gasteiger charge is 2.27. The van der Waals surface area contributed by atoms with Crippen LogP contribution >= 0.6 is 0 Å². The number of benzene rings is 1.